The van der Waals surface area contributed by atoms with Crippen molar-refractivity contribution in [2.24, 2.45) is 0 Å². The molecule has 0 atom stereocenters. The van der Waals surface area contributed by atoms with Gasteiger partial charge in [-0.15, -0.1) is 11.3 Å². The number of aromatic nitrogens is 2. The molecule has 0 bridgehead atoms. The molecule has 4 rings (SSSR count). The van der Waals surface area contributed by atoms with E-state index in [1.807, 2.05) is 11.3 Å². The van der Waals surface area contributed by atoms with Gasteiger partial charge in [0.2, 0.25) is 5.91 Å². The Bertz CT molecular complexity index is 725. The molecule has 0 saturated carbocycles. The fraction of sp³-hybridized carbons (Fsp3) is 0.579. The smallest absolute Gasteiger partial charge is 0.220 e. The van der Waals surface area contributed by atoms with Crippen molar-refractivity contribution in [3.63, 3.8) is 0 Å². The van der Waals surface area contributed by atoms with Gasteiger partial charge in [-0.05, 0) is 61.2 Å². The van der Waals surface area contributed by atoms with Crippen LogP contribution in [0.5, 0.6) is 0 Å². The van der Waals surface area contributed by atoms with Crippen LogP contribution in [0.25, 0.3) is 0 Å². The summed E-state index contributed by atoms with van der Waals surface area (Å²) in [6, 6.07) is 2.14. The second-order valence-corrected chi connectivity index (χ2v) is 7.99. The van der Waals surface area contributed by atoms with Gasteiger partial charge in [-0.25, -0.2) is 0 Å². The summed E-state index contributed by atoms with van der Waals surface area (Å²) in [5.74, 6) is 0.122. The topological polar surface area (TPSA) is 59.0 Å². The van der Waals surface area contributed by atoms with Gasteiger partial charge in [0.25, 0.3) is 0 Å². The predicted octanol–water partition coefficient (Wildman–Crippen LogP) is 2.57. The van der Waals surface area contributed by atoms with Gasteiger partial charge in [0, 0.05) is 37.4 Å². The standard InChI is InChI=1S/C19H26N4OS/c24-19(21-11-14-13-25-18-5-2-1-4-17(14)18)7-6-15-10-16-12-20-8-3-9-23(16)22-15/h10,13,20H,1-9,11-12H2,(H,21,24). The Balaban J connectivity index is 1.27. The molecule has 1 aliphatic carbocycles. The molecule has 0 unspecified atom stereocenters. The van der Waals surface area contributed by atoms with E-state index < -0.39 is 0 Å². The number of fused-ring (bicyclic) bond motifs is 2. The number of rotatable bonds is 5. The molecule has 2 N–H and O–H groups in total. The fourth-order valence-electron chi connectivity index (χ4n) is 3.78. The third kappa shape index (κ3) is 3.96. The lowest BCUT2D eigenvalue weighted by atomic mass is 9.96. The van der Waals surface area contributed by atoms with Crippen molar-refractivity contribution in [3.8, 4) is 0 Å². The normalized spacial score (nSPS) is 16.8. The van der Waals surface area contributed by atoms with E-state index in [1.54, 1.807) is 0 Å². The third-order valence-corrected chi connectivity index (χ3v) is 6.31. The second-order valence-electron chi connectivity index (χ2n) is 7.03. The number of carbonyl (C=O) groups excluding carboxylic acids is 1. The van der Waals surface area contributed by atoms with Crippen LogP contribution in [0.15, 0.2) is 11.4 Å². The average Bonchev–Trinajstić information content (AvgIpc) is 3.16. The summed E-state index contributed by atoms with van der Waals surface area (Å²) in [4.78, 5) is 13.8. The van der Waals surface area contributed by atoms with Crippen LogP contribution >= 0.6 is 11.3 Å². The first-order valence-electron chi connectivity index (χ1n) is 9.41. The van der Waals surface area contributed by atoms with Crippen LogP contribution in [-0.4, -0.2) is 22.2 Å². The number of carbonyl (C=O) groups is 1. The Morgan fingerprint density at radius 3 is 3.20 bits per heavy atom. The Hall–Kier alpha value is -1.66. The molecule has 3 heterocycles. The second kappa shape index (κ2) is 7.70. The maximum Gasteiger partial charge on any atom is 0.220 e. The molecule has 0 spiro atoms. The summed E-state index contributed by atoms with van der Waals surface area (Å²) in [5.41, 5.74) is 5.09. The summed E-state index contributed by atoms with van der Waals surface area (Å²) in [6.07, 6.45) is 7.32. The quantitative estimate of drug-likeness (QED) is 0.864. The maximum atomic E-state index is 12.2. The van der Waals surface area contributed by atoms with E-state index in [9.17, 15) is 4.79 Å². The van der Waals surface area contributed by atoms with E-state index in [-0.39, 0.29) is 5.91 Å². The first-order chi connectivity index (χ1) is 12.3. The summed E-state index contributed by atoms with van der Waals surface area (Å²) in [5, 5.41) is 13.4. The van der Waals surface area contributed by atoms with Gasteiger partial charge in [0.15, 0.2) is 0 Å². The average molecular weight is 359 g/mol. The number of amides is 1. The van der Waals surface area contributed by atoms with Crippen molar-refractivity contribution >= 4 is 17.2 Å². The summed E-state index contributed by atoms with van der Waals surface area (Å²) >= 11 is 1.86. The molecule has 2 aliphatic rings. The minimum atomic E-state index is 0.122. The van der Waals surface area contributed by atoms with Crippen molar-refractivity contribution in [3.05, 3.63) is 38.8 Å². The monoisotopic (exact) mass is 358 g/mol. The third-order valence-electron chi connectivity index (χ3n) is 5.18. The van der Waals surface area contributed by atoms with E-state index in [0.29, 0.717) is 19.4 Å². The van der Waals surface area contributed by atoms with Gasteiger partial charge in [-0.2, -0.15) is 5.10 Å². The van der Waals surface area contributed by atoms with Crippen LogP contribution in [0.4, 0.5) is 0 Å². The molecule has 1 aliphatic heterocycles. The van der Waals surface area contributed by atoms with Gasteiger partial charge in [0.1, 0.15) is 0 Å². The first kappa shape index (κ1) is 16.8. The molecule has 5 nitrogen and oxygen atoms in total. The highest BCUT2D eigenvalue weighted by atomic mass is 32.1. The summed E-state index contributed by atoms with van der Waals surface area (Å²) < 4.78 is 2.09. The van der Waals surface area contributed by atoms with E-state index in [0.717, 1.165) is 31.7 Å². The van der Waals surface area contributed by atoms with Gasteiger partial charge < -0.3 is 10.6 Å². The lowest BCUT2D eigenvalue weighted by molar-refractivity contribution is -0.121. The fourth-order valence-corrected chi connectivity index (χ4v) is 4.92. The lowest BCUT2D eigenvalue weighted by Crippen LogP contribution is -2.23. The number of nitrogens with zero attached hydrogens (tertiary/aromatic N) is 2. The Labute approximate surface area is 152 Å². The molecule has 2 aromatic rings. The van der Waals surface area contributed by atoms with Gasteiger partial charge in [-0.1, -0.05) is 0 Å². The number of hydrogen-bond donors (Lipinski definition) is 2. The van der Waals surface area contributed by atoms with Crippen LogP contribution in [0.3, 0.4) is 0 Å². The summed E-state index contributed by atoms with van der Waals surface area (Å²) in [6.45, 7) is 3.57. The van der Waals surface area contributed by atoms with Gasteiger partial charge >= 0.3 is 0 Å². The molecule has 6 heteroatoms. The van der Waals surface area contributed by atoms with Crippen molar-refractivity contribution < 1.29 is 4.79 Å². The molecule has 1 amide bonds. The van der Waals surface area contributed by atoms with Crippen LogP contribution in [-0.2, 0) is 43.7 Å². The molecular weight excluding hydrogens is 332 g/mol. The van der Waals surface area contributed by atoms with Crippen LogP contribution in [0.1, 0.15) is 53.1 Å². The van der Waals surface area contributed by atoms with E-state index in [1.165, 1.54) is 47.4 Å². The van der Waals surface area contributed by atoms with Crippen LogP contribution in [0, 0.1) is 0 Å². The van der Waals surface area contributed by atoms with E-state index >= 15 is 0 Å². The number of nitrogens with one attached hydrogen (secondary N) is 2. The molecule has 0 saturated heterocycles. The largest absolute Gasteiger partial charge is 0.352 e. The molecule has 25 heavy (non-hydrogen) atoms. The predicted molar refractivity (Wildman–Crippen MR) is 99.7 cm³/mol. The van der Waals surface area contributed by atoms with Crippen molar-refractivity contribution in [1.29, 1.82) is 0 Å². The number of aryl methyl sites for hydroxylation is 3. The number of thiophene rings is 1. The van der Waals surface area contributed by atoms with Crippen molar-refractivity contribution in [2.75, 3.05) is 6.54 Å². The Morgan fingerprint density at radius 2 is 2.24 bits per heavy atom. The zero-order chi connectivity index (χ0) is 17.1. The molecule has 0 radical (unpaired) electrons. The molecule has 0 fully saturated rings. The Kier molecular flexibility index (Phi) is 5.17. The van der Waals surface area contributed by atoms with E-state index in [4.69, 9.17) is 0 Å². The van der Waals surface area contributed by atoms with Gasteiger partial charge in [-0.3, -0.25) is 9.48 Å². The summed E-state index contributed by atoms with van der Waals surface area (Å²) in [7, 11) is 0. The highest BCUT2D eigenvalue weighted by Crippen LogP contribution is 2.30. The first-order valence-corrected chi connectivity index (χ1v) is 10.3. The zero-order valence-corrected chi connectivity index (χ0v) is 15.5. The number of hydrogen-bond acceptors (Lipinski definition) is 4. The van der Waals surface area contributed by atoms with Gasteiger partial charge in [0.05, 0.1) is 11.4 Å². The molecule has 0 aromatic carbocycles. The highest BCUT2D eigenvalue weighted by Gasteiger charge is 2.16. The zero-order valence-electron chi connectivity index (χ0n) is 14.6. The Morgan fingerprint density at radius 1 is 1.32 bits per heavy atom. The molecule has 2 aromatic heterocycles. The minimum Gasteiger partial charge on any atom is -0.352 e. The van der Waals surface area contributed by atoms with Crippen LogP contribution < -0.4 is 10.6 Å². The van der Waals surface area contributed by atoms with Crippen molar-refractivity contribution in [1.82, 2.24) is 20.4 Å². The molecule has 134 valence electrons. The highest BCUT2D eigenvalue weighted by molar-refractivity contribution is 7.10. The van der Waals surface area contributed by atoms with E-state index in [2.05, 4.69) is 31.9 Å². The minimum absolute atomic E-state index is 0.122. The SMILES string of the molecule is O=C(CCc1cc2n(n1)CCCNC2)NCc1csc2c1CCCC2. The van der Waals surface area contributed by atoms with Crippen molar-refractivity contribution in [2.45, 2.75) is 64.6 Å². The molecular formula is C19H26N4OS. The maximum absolute atomic E-state index is 12.2. The van der Waals surface area contributed by atoms with Crippen LogP contribution in [0.2, 0.25) is 0 Å². The lowest BCUT2D eigenvalue weighted by Gasteiger charge is -2.13.